The van der Waals surface area contributed by atoms with Gasteiger partial charge in [-0.2, -0.15) is 0 Å². The van der Waals surface area contributed by atoms with Crippen molar-refractivity contribution in [2.75, 3.05) is 12.4 Å². The molecule has 0 radical (unpaired) electrons. The normalized spacial score (nSPS) is 12.0. The molecule has 4 aromatic rings. The molecular formula is C25H25N3O3S. The molecular weight excluding hydrogens is 422 g/mol. The van der Waals surface area contributed by atoms with Crippen LogP contribution >= 0.6 is 11.3 Å². The predicted octanol–water partition coefficient (Wildman–Crippen LogP) is 5.20. The van der Waals surface area contributed by atoms with Crippen LogP contribution in [0.2, 0.25) is 0 Å². The molecule has 6 nitrogen and oxygen atoms in total. The number of thiophene rings is 1. The van der Waals surface area contributed by atoms with Gasteiger partial charge in [0.25, 0.3) is 5.56 Å². The summed E-state index contributed by atoms with van der Waals surface area (Å²) in [5.74, 6) is 0.994. The number of aromatic nitrogens is 2. The summed E-state index contributed by atoms with van der Waals surface area (Å²) in [4.78, 5) is 31.8. The third kappa shape index (κ3) is 4.03. The maximum absolute atomic E-state index is 13.5. The lowest BCUT2D eigenvalue weighted by Crippen LogP contribution is -2.33. The smallest absolute Gasteiger partial charge is 0.263 e. The average molecular weight is 448 g/mol. The Morgan fingerprint density at radius 2 is 1.84 bits per heavy atom. The van der Waals surface area contributed by atoms with Gasteiger partial charge in [-0.05, 0) is 55.7 Å². The fourth-order valence-electron chi connectivity index (χ4n) is 3.73. The molecule has 1 N–H and O–H groups in total. The summed E-state index contributed by atoms with van der Waals surface area (Å²) in [6.07, 6.45) is 0.933. The summed E-state index contributed by atoms with van der Waals surface area (Å²) in [6, 6.07) is 14.6. The van der Waals surface area contributed by atoms with Crippen LogP contribution < -0.4 is 15.6 Å². The molecule has 32 heavy (non-hydrogen) atoms. The summed E-state index contributed by atoms with van der Waals surface area (Å²) >= 11 is 1.43. The van der Waals surface area contributed by atoms with Crippen LogP contribution in [0, 0.1) is 6.92 Å². The van der Waals surface area contributed by atoms with Gasteiger partial charge < -0.3 is 10.1 Å². The van der Waals surface area contributed by atoms with Crippen LogP contribution in [0.25, 0.3) is 21.3 Å². The third-order valence-corrected chi connectivity index (χ3v) is 6.49. The number of ether oxygens (including phenoxy) is 1. The fourth-order valence-corrected chi connectivity index (χ4v) is 4.72. The van der Waals surface area contributed by atoms with Crippen LogP contribution in [0.4, 0.5) is 5.69 Å². The maximum atomic E-state index is 13.5. The number of benzene rings is 2. The maximum Gasteiger partial charge on any atom is 0.263 e. The molecule has 2 aromatic heterocycles. The highest BCUT2D eigenvalue weighted by atomic mass is 32.1. The zero-order valence-electron chi connectivity index (χ0n) is 18.5. The Morgan fingerprint density at radius 3 is 2.47 bits per heavy atom. The second-order valence-electron chi connectivity index (χ2n) is 7.61. The van der Waals surface area contributed by atoms with Crippen molar-refractivity contribution >= 4 is 33.1 Å². The van der Waals surface area contributed by atoms with Crippen molar-refractivity contribution in [1.82, 2.24) is 9.55 Å². The number of anilines is 1. The number of amides is 1. The molecule has 0 aliphatic rings. The van der Waals surface area contributed by atoms with Gasteiger partial charge in [0.1, 0.15) is 22.4 Å². The first kappa shape index (κ1) is 21.8. The van der Waals surface area contributed by atoms with Gasteiger partial charge in [-0.1, -0.05) is 31.2 Å². The minimum Gasteiger partial charge on any atom is -0.497 e. The van der Waals surface area contributed by atoms with Crippen LogP contribution in [-0.2, 0) is 11.2 Å². The fraction of sp³-hybridized carbons (Fsp3) is 0.240. The van der Waals surface area contributed by atoms with Gasteiger partial charge in [-0.15, -0.1) is 11.3 Å². The van der Waals surface area contributed by atoms with E-state index < -0.39 is 6.04 Å². The SMILES string of the molecule is CCc1ccc(NC(=O)C(C)n2c(C)nc3scc(-c4ccc(OC)cc4)c3c2=O)cc1. The van der Waals surface area contributed by atoms with Crippen molar-refractivity contribution < 1.29 is 9.53 Å². The van der Waals surface area contributed by atoms with Crippen LogP contribution in [0.3, 0.4) is 0 Å². The molecule has 0 aliphatic carbocycles. The number of hydrogen-bond acceptors (Lipinski definition) is 5. The van der Waals surface area contributed by atoms with Gasteiger partial charge in [0, 0.05) is 16.6 Å². The van der Waals surface area contributed by atoms with Crippen molar-refractivity contribution in [3.63, 3.8) is 0 Å². The van der Waals surface area contributed by atoms with Gasteiger partial charge >= 0.3 is 0 Å². The molecule has 0 aliphatic heterocycles. The molecule has 0 saturated heterocycles. The minimum atomic E-state index is -0.714. The molecule has 0 saturated carbocycles. The van der Waals surface area contributed by atoms with Gasteiger partial charge in [-0.25, -0.2) is 4.98 Å². The lowest BCUT2D eigenvalue weighted by Gasteiger charge is -2.18. The first-order valence-electron chi connectivity index (χ1n) is 10.5. The predicted molar refractivity (Wildman–Crippen MR) is 130 cm³/mol. The van der Waals surface area contributed by atoms with Gasteiger partial charge in [0.15, 0.2) is 0 Å². The summed E-state index contributed by atoms with van der Waals surface area (Å²) in [5.41, 5.74) is 3.39. The first-order valence-corrected chi connectivity index (χ1v) is 11.4. The number of nitrogens with one attached hydrogen (secondary N) is 1. The van der Waals surface area contributed by atoms with E-state index in [1.807, 2.05) is 53.9 Å². The summed E-state index contributed by atoms with van der Waals surface area (Å²) in [5, 5.41) is 5.37. The molecule has 164 valence electrons. The lowest BCUT2D eigenvalue weighted by molar-refractivity contribution is -0.118. The Hall–Kier alpha value is -3.45. The summed E-state index contributed by atoms with van der Waals surface area (Å²) in [6.45, 7) is 5.56. The van der Waals surface area contributed by atoms with E-state index in [9.17, 15) is 9.59 Å². The molecule has 1 amide bonds. The standard InChI is InChI=1S/C25H25N3O3S/c1-5-17-6-10-19(11-7-17)27-23(29)15(2)28-16(3)26-24-22(25(28)30)21(14-32-24)18-8-12-20(31-4)13-9-18/h6-15H,5H2,1-4H3,(H,27,29). The van der Waals surface area contributed by atoms with E-state index in [2.05, 4.69) is 17.2 Å². The van der Waals surface area contributed by atoms with Gasteiger partial charge in [0.2, 0.25) is 5.91 Å². The Labute approximate surface area is 190 Å². The highest BCUT2D eigenvalue weighted by Gasteiger charge is 2.22. The monoisotopic (exact) mass is 447 g/mol. The number of nitrogens with zero attached hydrogens (tertiary/aromatic N) is 2. The van der Waals surface area contributed by atoms with E-state index in [4.69, 9.17) is 4.74 Å². The molecule has 1 unspecified atom stereocenters. The Kier molecular flexibility index (Phi) is 6.10. The van der Waals surface area contributed by atoms with Crippen molar-refractivity contribution in [2.24, 2.45) is 0 Å². The molecule has 2 aromatic carbocycles. The molecule has 0 spiro atoms. The van der Waals surface area contributed by atoms with Crippen LogP contribution in [-0.4, -0.2) is 22.6 Å². The van der Waals surface area contributed by atoms with E-state index in [1.165, 1.54) is 21.5 Å². The summed E-state index contributed by atoms with van der Waals surface area (Å²) in [7, 11) is 1.62. The van der Waals surface area contributed by atoms with Crippen molar-refractivity contribution in [1.29, 1.82) is 0 Å². The quantitative estimate of drug-likeness (QED) is 0.441. The zero-order chi connectivity index (χ0) is 22.8. The van der Waals surface area contributed by atoms with E-state index in [1.54, 1.807) is 21.0 Å². The average Bonchev–Trinajstić information content (AvgIpc) is 3.23. The summed E-state index contributed by atoms with van der Waals surface area (Å²) < 4.78 is 6.70. The molecule has 2 heterocycles. The van der Waals surface area contributed by atoms with Crippen LogP contribution in [0.5, 0.6) is 5.75 Å². The third-order valence-electron chi connectivity index (χ3n) is 5.61. The van der Waals surface area contributed by atoms with E-state index in [0.717, 1.165) is 23.3 Å². The molecule has 0 fully saturated rings. The molecule has 0 bridgehead atoms. The van der Waals surface area contributed by atoms with Crippen molar-refractivity contribution in [3.05, 3.63) is 75.7 Å². The van der Waals surface area contributed by atoms with Crippen molar-refractivity contribution in [2.45, 2.75) is 33.2 Å². The largest absolute Gasteiger partial charge is 0.497 e. The number of methoxy groups -OCH3 is 1. The lowest BCUT2D eigenvalue weighted by atomic mass is 10.1. The first-order chi connectivity index (χ1) is 15.4. The Bertz CT molecular complexity index is 1320. The second kappa shape index (κ2) is 8.96. The van der Waals surface area contributed by atoms with Crippen LogP contribution in [0.1, 0.15) is 31.3 Å². The van der Waals surface area contributed by atoms with E-state index in [0.29, 0.717) is 21.7 Å². The van der Waals surface area contributed by atoms with E-state index in [-0.39, 0.29) is 11.5 Å². The van der Waals surface area contributed by atoms with E-state index >= 15 is 0 Å². The molecule has 4 rings (SSSR count). The number of carbonyl (C=O) groups is 1. The molecule has 7 heteroatoms. The Balaban J connectivity index is 1.71. The number of rotatable bonds is 6. The number of aryl methyl sites for hydroxylation is 2. The van der Waals surface area contributed by atoms with Crippen LogP contribution in [0.15, 0.2) is 58.7 Å². The highest BCUT2D eigenvalue weighted by Crippen LogP contribution is 2.32. The minimum absolute atomic E-state index is 0.219. The molecule has 1 atom stereocenters. The second-order valence-corrected chi connectivity index (χ2v) is 8.47. The zero-order valence-corrected chi connectivity index (χ0v) is 19.3. The topological polar surface area (TPSA) is 73.2 Å². The number of fused-ring (bicyclic) bond motifs is 1. The number of carbonyl (C=O) groups excluding carboxylic acids is 1. The van der Waals surface area contributed by atoms with Gasteiger partial charge in [0.05, 0.1) is 12.5 Å². The number of hydrogen-bond donors (Lipinski definition) is 1. The highest BCUT2D eigenvalue weighted by molar-refractivity contribution is 7.17. The van der Waals surface area contributed by atoms with Gasteiger partial charge in [-0.3, -0.25) is 14.2 Å². The Morgan fingerprint density at radius 1 is 1.16 bits per heavy atom. The van der Waals surface area contributed by atoms with Crippen molar-refractivity contribution in [3.8, 4) is 16.9 Å².